The quantitative estimate of drug-likeness (QED) is 0.851. The number of rotatable bonds is 6. The Labute approximate surface area is 123 Å². The Hall–Kier alpha value is -1.89. The molecular weight excluding hydrogens is 272 g/mol. The molecule has 7 heteroatoms. The Balaban J connectivity index is 2.19. The third-order valence-electron chi connectivity index (χ3n) is 3.00. The lowest BCUT2D eigenvalue weighted by molar-refractivity contribution is 0.805. The predicted molar refractivity (Wildman–Crippen MR) is 84.2 cm³/mol. The second-order valence-electron chi connectivity index (χ2n) is 4.37. The molecule has 0 aliphatic carbocycles. The largest absolute Gasteiger partial charge is 0.368 e. The van der Waals surface area contributed by atoms with Crippen molar-refractivity contribution in [1.29, 1.82) is 0 Å². The summed E-state index contributed by atoms with van der Waals surface area (Å²) in [5, 5.41) is 5.32. The number of nitrogens with one attached hydrogen (secondary N) is 1. The fourth-order valence-electron chi connectivity index (χ4n) is 1.90. The molecule has 0 saturated heterocycles. The summed E-state index contributed by atoms with van der Waals surface area (Å²) in [6.07, 6.45) is 0. The molecule has 0 aliphatic rings. The molecule has 108 valence electrons. The lowest BCUT2D eigenvalue weighted by atomic mass is 10.3. The molecule has 3 N–H and O–H groups in total. The van der Waals surface area contributed by atoms with Crippen LogP contribution >= 0.6 is 11.3 Å². The first-order valence-corrected chi connectivity index (χ1v) is 7.58. The highest BCUT2D eigenvalue weighted by molar-refractivity contribution is 7.10. The summed E-state index contributed by atoms with van der Waals surface area (Å²) in [7, 11) is 0. The zero-order valence-electron chi connectivity index (χ0n) is 12.0. The van der Waals surface area contributed by atoms with Crippen LogP contribution in [0.5, 0.6) is 0 Å². The minimum Gasteiger partial charge on any atom is -0.368 e. The minimum atomic E-state index is 0.140. The van der Waals surface area contributed by atoms with Crippen molar-refractivity contribution < 1.29 is 0 Å². The molecule has 2 aromatic rings. The Bertz CT molecular complexity index is 538. The molecule has 2 heterocycles. The van der Waals surface area contributed by atoms with Gasteiger partial charge in [-0.05, 0) is 32.2 Å². The van der Waals surface area contributed by atoms with E-state index in [4.69, 9.17) is 5.73 Å². The monoisotopic (exact) mass is 292 g/mol. The molecule has 2 rings (SSSR count). The van der Waals surface area contributed by atoms with Crippen LogP contribution in [0.2, 0.25) is 0 Å². The maximum absolute atomic E-state index is 5.77. The molecule has 20 heavy (non-hydrogen) atoms. The van der Waals surface area contributed by atoms with Crippen molar-refractivity contribution in [2.24, 2.45) is 0 Å². The number of thiophene rings is 1. The smallest absolute Gasteiger partial charge is 0.231 e. The molecule has 0 amide bonds. The highest BCUT2D eigenvalue weighted by Gasteiger charge is 2.12. The van der Waals surface area contributed by atoms with E-state index < -0.39 is 0 Å². The molecule has 1 unspecified atom stereocenters. The molecule has 0 saturated carbocycles. The van der Waals surface area contributed by atoms with Gasteiger partial charge in [-0.15, -0.1) is 11.3 Å². The Kier molecular flexibility index (Phi) is 4.73. The van der Waals surface area contributed by atoms with Crippen LogP contribution in [0.3, 0.4) is 0 Å². The second kappa shape index (κ2) is 6.51. The van der Waals surface area contributed by atoms with Gasteiger partial charge in [-0.3, -0.25) is 0 Å². The van der Waals surface area contributed by atoms with Gasteiger partial charge in [0.25, 0.3) is 0 Å². The molecule has 0 bridgehead atoms. The van der Waals surface area contributed by atoms with Crippen LogP contribution in [0.4, 0.5) is 17.8 Å². The Morgan fingerprint density at radius 1 is 1.30 bits per heavy atom. The van der Waals surface area contributed by atoms with E-state index in [0.29, 0.717) is 11.9 Å². The van der Waals surface area contributed by atoms with Gasteiger partial charge >= 0.3 is 0 Å². The SMILES string of the molecule is CCN(CC)c1nc(N)nc(NC(C)c2cccs2)n1. The van der Waals surface area contributed by atoms with Crippen molar-refractivity contribution in [2.75, 3.05) is 29.0 Å². The van der Waals surface area contributed by atoms with Gasteiger partial charge in [0, 0.05) is 18.0 Å². The number of hydrogen-bond acceptors (Lipinski definition) is 7. The van der Waals surface area contributed by atoms with Gasteiger partial charge in [-0.1, -0.05) is 6.07 Å². The summed E-state index contributed by atoms with van der Waals surface area (Å²) in [4.78, 5) is 16.1. The third kappa shape index (κ3) is 3.36. The van der Waals surface area contributed by atoms with Crippen molar-refractivity contribution >= 4 is 29.2 Å². The zero-order valence-corrected chi connectivity index (χ0v) is 12.8. The van der Waals surface area contributed by atoms with Gasteiger partial charge in [0.15, 0.2) is 0 Å². The van der Waals surface area contributed by atoms with E-state index in [9.17, 15) is 0 Å². The van der Waals surface area contributed by atoms with Crippen molar-refractivity contribution in [3.63, 3.8) is 0 Å². The summed E-state index contributed by atoms with van der Waals surface area (Å²) in [6, 6.07) is 4.25. The fraction of sp³-hybridized carbons (Fsp3) is 0.462. The Morgan fingerprint density at radius 2 is 2.05 bits per heavy atom. The standard InChI is InChI=1S/C13H20N6S/c1-4-19(5-2)13-17-11(14)16-12(18-13)15-9(3)10-7-6-8-20-10/h6-9H,4-5H2,1-3H3,(H3,14,15,16,17,18). The van der Waals surface area contributed by atoms with Crippen LogP contribution in [0.15, 0.2) is 17.5 Å². The fourth-order valence-corrected chi connectivity index (χ4v) is 2.63. The zero-order chi connectivity index (χ0) is 14.5. The molecule has 0 radical (unpaired) electrons. The maximum atomic E-state index is 5.77. The molecule has 0 aromatic carbocycles. The van der Waals surface area contributed by atoms with Gasteiger partial charge in [-0.25, -0.2) is 0 Å². The summed E-state index contributed by atoms with van der Waals surface area (Å²) >= 11 is 1.70. The average molecular weight is 292 g/mol. The van der Waals surface area contributed by atoms with Crippen molar-refractivity contribution in [2.45, 2.75) is 26.8 Å². The van der Waals surface area contributed by atoms with Crippen LogP contribution in [0.1, 0.15) is 31.7 Å². The van der Waals surface area contributed by atoms with E-state index in [1.54, 1.807) is 11.3 Å². The lowest BCUT2D eigenvalue weighted by Crippen LogP contribution is -2.25. The summed E-state index contributed by atoms with van der Waals surface area (Å²) in [5.74, 6) is 1.37. The minimum absolute atomic E-state index is 0.140. The van der Waals surface area contributed by atoms with E-state index in [0.717, 1.165) is 13.1 Å². The van der Waals surface area contributed by atoms with Gasteiger partial charge in [0.05, 0.1) is 6.04 Å². The van der Waals surface area contributed by atoms with Crippen LogP contribution in [-0.2, 0) is 0 Å². The van der Waals surface area contributed by atoms with Gasteiger partial charge in [0.2, 0.25) is 17.8 Å². The van der Waals surface area contributed by atoms with Crippen LogP contribution in [-0.4, -0.2) is 28.0 Å². The lowest BCUT2D eigenvalue weighted by Gasteiger charge is -2.20. The number of nitrogens with two attached hydrogens (primary N) is 1. The third-order valence-corrected chi connectivity index (χ3v) is 4.06. The summed E-state index contributed by atoms with van der Waals surface area (Å²) in [5.41, 5.74) is 5.77. The van der Waals surface area contributed by atoms with E-state index in [-0.39, 0.29) is 12.0 Å². The van der Waals surface area contributed by atoms with Crippen LogP contribution in [0, 0.1) is 0 Å². The van der Waals surface area contributed by atoms with E-state index in [1.165, 1.54) is 4.88 Å². The van der Waals surface area contributed by atoms with Crippen molar-refractivity contribution in [3.8, 4) is 0 Å². The average Bonchev–Trinajstić information content (AvgIpc) is 2.93. The first-order valence-electron chi connectivity index (χ1n) is 6.70. The van der Waals surface area contributed by atoms with Gasteiger partial charge in [-0.2, -0.15) is 15.0 Å². The molecule has 6 nitrogen and oxygen atoms in total. The molecule has 2 aromatic heterocycles. The number of aromatic nitrogens is 3. The topological polar surface area (TPSA) is 80.0 Å². The molecule has 0 fully saturated rings. The molecular formula is C13H20N6S. The normalized spacial score (nSPS) is 12.2. The molecule has 1 atom stereocenters. The van der Waals surface area contributed by atoms with Gasteiger partial charge < -0.3 is 16.0 Å². The summed E-state index contributed by atoms with van der Waals surface area (Å²) in [6.45, 7) is 7.86. The van der Waals surface area contributed by atoms with Crippen molar-refractivity contribution in [3.05, 3.63) is 22.4 Å². The van der Waals surface area contributed by atoms with E-state index >= 15 is 0 Å². The van der Waals surface area contributed by atoms with Gasteiger partial charge in [0.1, 0.15) is 0 Å². The number of hydrogen-bond donors (Lipinski definition) is 2. The highest BCUT2D eigenvalue weighted by Crippen LogP contribution is 2.22. The first kappa shape index (κ1) is 14.5. The number of anilines is 3. The summed E-state index contributed by atoms with van der Waals surface area (Å²) < 4.78 is 0. The van der Waals surface area contributed by atoms with Crippen LogP contribution < -0.4 is 16.0 Å². The second-order valence-corrected chi connectivity index (χ2v) is 5.35. The number of nitrogen functional groups attached to an aromatic ring is 1. The first-order chi connectivity index (χ1) is 9.63. The van der Waals surface area contributed by atoms with Crippen LogP contribution in [0.25, 0.3) is 0 Å². The molecule has 0 aliphatic heterocycles. The van der Waals surface area contributed by atoms with E-state index in [1.807, 2.05) is 11.0 Å². The van der Waals surface area contributed by atoms with Crippen molar-refractivity contribution in [1.82, 2.24) is 15.0 Å². The van der Waals surface area contributed by atoms with E-state index in [2.05, 4.69) is 52.5 Å². The Morgan fingerprint density at radius 3 is 2.65 bits per heavy atom. The highest BCUT2D eigenvalue weighted by atomic mass is 32.1. The number of nitrogens with zero attached hydrogens (tertiary/aromatic N) is 4. The molecule has 0 spiro atoms. The predicted octanol–water partition coefficient (Wildman–Crippen LogP) is 2.53. The maximum Gasteiger partial charge on any atom is 0.231 e.